The van der Waals surface area contributed by atoms with E-state index in [2.05, 4.69) is 5.32 Å². The predicted octanol–water partition coefficient (Wildman–Crippen LogP) is 2.81. The Kier molecular flexibility index (Phi) is 5.75. The highest BCUT2D eigenvalue weighted by Crippen LogP contribution is 2.17. The zero-order valence-corrected chi connectivity index (χ0v) is 13.3. The Bertz CT molecular complexity index is 539. The molecule has 1 aromatic rings. The summed E-state index contributed by atoms with van der Waals surface area (Å²) in [6.45, 7) is 4.60. The van der Waals surface area contributed by atoms with Gasteiger partial charge in [0.2, 0.25) is 11.8 Å². The standard InChI is InChI=1S/C18H24N2O2/c1-3-14(2)18(22)19-16-10-7-13-20(16)17(21)12-11-15-8-5-4-6-9-15/h4-6,8-9,11-12,14,16H,3,7,10,13H2,1-2H3,(H,19,22)/t14-,16-/m1/s1. The molecule has 2 rings (SSSR count). The Morgan fingerprint density at radius 2 is 2.09 bits per heavy atom. The predicted molar refractivity (Wildman–Crippen MR) is 87.8 cm³/mol. The van der Waals surface area contributed by atoms with Gasteiger partial charge in [0.1, 0.15) is 6.17 Å². The van der Waals surface area contributed by atoms with E-state index in [1.807, 2.05) is 50.3 Å². The number of benzene rings is 1. The SMILES string of the molecule is CC[C@@H](C)C(=O)N[C@H]1CCCN1C(=O)C=Cc1ccccc1. The molecule has 2 atom stereocenters. The summed E-state index contributed by atoms with van der Waals surface area (Å²) < 4.78 is 0. The van der Waals surface area contributed by atoms with Crippen molar-refractivity contribution < 1.29 is 9.59 Å². The van der Waals surface area contributed by atoms with Crippen molar-refractivity contribution in [1.82, 2.24) is 10.2 Å². The fraction of sp³-hybridized carbons (Fsp3) is 0.444. The van der Waals surface area contributed by atoms with E-state index >= 15 is 0 Å². The molecule has 4 heteroatoms. The van der Waals surface area contributed by atoms with Crippen LogP contribution >= 0.6 is 0 Å². The van der Waals surface area contributed by atoms with Crippen molar-refractivity contribution in [2.24, 2.45) is 5.92 Å². The average molecular weight is 300 g/mol. The van der Waals surface area contributed by atoms with Crippen LogP contribution < -0.4 is 5.32 Å². The van der Waals surface area contributed by atoms with Crippen molar-refractivity contribution in [2.75, 3.05) is 6.54 Å². The molecule has 0 aromatic heterocycles. The van der Waals surface area contributed by atoms with Crippen LogP contribution in [0.2, 0.25) is 0 Å². The Balaban J connectivity index is 1.96. The minimum Gasteiger partial charge on any atom is -0.336 e. The van der Waals surface area contributed by atoms with Crippen LogP contribution in [0.4, 0.5) is 0 Å². The summed E-state index contributed by atoms with van der Waals surface area (Å²) in [4.78, 5) is 26.1. The Hall–Kier alpha value is -2.10. The Morgan fingerprint density at radius 3 is 2.77 bits per heavy atom. The molecule has 1 aliphatic rings. The number of nitrogens with one attached hydrogen (secondary N) is 1. The highest BCUT2D eigenvalue weighted by Gasteiger charge is 2.29. The van der Waals surface area contributed by atoms with E-state index in [0.717, 1.165) is 24.8 Å². The van der Waals surface area contributed by atoms with E-state index in [0.29, 0.717) is 6.54 Å². The van der Waals surface area contributed by atoms with Crippen molar-refractivity contribution in [3.63, 3.8) is 0 Å². The molecule has 1 saturated heterocycles. The molecule has 1 N–H and O–H groups in total. The minimum absolute atomic E-state index is 0.0163. The Morgan fingerprint density at radius 1 is 1.36 bits per heavy atom. The first-order valence-corrected chi connectivity index (χ1v) is 7.96. The molecule has 22 heavy (non-hydrogen) atoms. The molecular formula is C18H24N2O2. The van der Waals surface area contributed by atoms with Crippen molar-refractivity contribution in [3.05, 3.63) is 42.0 Å². The monoisotopic (exact) mass is 300 g/mol. The topological polar surface area (TPSA) is 49.4 Å². The summed E-state index contributed by atoms with van der Waals surface area (Å²) in [5, 5.41) is 2.99. The van der Waals surface area contributed by atoms with Crippen LogP contribution in [0.25, 0.3) is 6.08 Å². The maximum Gasteiger partial charge on any atom is 0.248 e. The van der Waals surface area contributed by atoms with Gasteiger partial charge in [-0.3, -0.25) is 9.59 Å². The van der Waals surface area contributed by atoms with E-state index in [9.17, 15) is 9.59 Å². The first-order chi connectivity index (χ1) is 10.6. The zero-order valence-electron chi connectivity index (χ0n) is 13.3. The molecule has 4 nitrogen and oxygen atoms in total. The molecule has 0 spiro atoms. The molecule has 2 amide bonds. The fourth-order valence-corrected chi connectivity index (χ4v) is 2.50. The van der Waals surface area contributed by atoms with Crippen LogP contribution in [-0.2, 0) is 9.59 Å². The molecule has 0 bridgehead atoms. The maximum absolute atomic E-state index is 12.3. The van der Waals surface area contributed by atoms with Crippen LogP contribution in [0.1, 0.15) is 38.7 Å². The quantitative estimate of drug-likeness (QED) is 0.850. The number of rotatable bonds is 5. The van der Waals surface area contributed by atoms with Crippen LogP contribution in [0.15, 0.2) is 36.4 Å². The van der Waals surface area contributed by atoms with Crippen molar-refractivity contribution in [1.29, 1.82) is 0 Å². The van der Waals surface area contributed by atoms with Crippen LogP contribution in [0.3, 0.4) is 0 Å². The van der Waals surface area contributed by atoms with E-state index in [4.69, 9.17) is 0 Å². The largest absolute Gasteiger partial charge is 0.336 e. The molecular weight excluding hydrogens is 276 g/mol. The van der Waals surface area contributed by atoms with Gasteiger partial charge >= 0.3 is 0 Å². The number of carbonyl (C=O) groups is 2. The lowest BCUT2D eigenvalue weighted by atomic mass is 10.1. The third kappa shape index (κ3) is 4.20. The summed E-state index contributed by atoms with van der Waals surface area (Å²) in [6.07, 6.45) is 5.79. The number of hydrogen-bond acceptors (Lipinski definition) is 2. The van der Waals surface area contributed by atoms with Gasteiger partial charge in [0.15, 0.2) is 0 Å². The second-order valence-electron chi connectivity index (χ2n) is 5.75. The summed E-state index contributed by atoms with van der Waals surface area (Å²) >= 11 is 0. The van der Waals surface area contributed by atoms with Gasteiger partial charge in [-0.05, 0) is 30.9 Å². The second-order valence-corrected chi connectivity index (χ2v) is 5.75. The number of likely N-dealkylation sites (tertiary alicyclic amines) is 1. The third-order valence-corrected chi connectivity index (χ3v) is 4.12. The summed E-state index contributed by atoms with van der Waals surface area (Å²) in [5.74, 6) is -0.0348. The van der Waals surface area contributed by atoms with Gasteiger partial charge < -0.3 is 10.2 Å². The molecule has 118 valence electrons. The van der Waals surface area contributed by atoms with Crippen LogP contribution in [-0.4, -0.2) is 29.4 Å². The molecule has 0 aliphatic carbocycles. The normalized spacial score (nSPS) is 19.4. The summed E-state index contributed by atoms with van der Waals surface area (Å²) in [5.41, 5.74) is 0.996. The van der Waals surface area contributed by atoms with Crippen molar-refractivity contribution in [2.45, 2.75) is 39.3 Å². The van der Waals surface area contributed by atoms with Crippen molar-refractivity contribution in [3.8, 4) is 0 Å². The highest BCUT2D eigenvalue weighted by molar-refractivity contribution is 5.92. The van der Waals surface area contributed by atoms with Gasteiger partial charge in [0.25, 0.3) is 0 Å². The van der Waals surface area contributed by atoms with E-state index < -0.39 is 0 Å². The molecule has 1 fully saturated rings. The molecule has 1 aromatic carbocycles. The first kappa shape index (κ1) is 16.3. The fourth-order valence-electron chi connectivity index (χ4n) is 2.50. The second kappa shape index (κ2) is 7.78. The lowest BCUT2D eigenvalue weighted by Crippen LogP contribution is -2.47. The third-order valence-electron chi connectivity index (χ3n) is 4.12. The smallest absolute Gasteiger partial charge is 0.248 e. The van der Waals surface area contributed by atoms with Gasteiger partial charge in [-0.25, -0.2) is 0 Å². The first-order valence-electron chi connectivity index (χ1n) is 7.96. The summed E-state index contributed by atoms with van der Waals surface area (Å²) in [7, 11) is 0. The number of hydrogen-bond donors (Lipinski definition) is 1. The maximum atomic E-state index is 12.3. The molecule has 0 saturated carbocycles. The van der Waals surface area contributed by atoms with Gasteiger partial charge in [-0.1, -0.05) is 44.2 Å². The van der Waals surface area contributed by atoms with Gasteiger partial charge in [-0.2, -0.15) is 0 Å². The average Bonchev–Trinajstić information content (AvgIpc) is 3.00. The van der Waals surface area contributed by atoms with Crippen LogP contribution in [0.5, 0.6) is 0 Å². The Labute approximate surface area is 132 Å². The highest BCUT2D eigenvalue weighted by atomic mass is 16.2. The molecule has 1 heterocycles. The van der Waals surface area contributed by atoms with Gasteiger partial charge in [-0.15, -0.1) is 0 Å². The minimum atomic E-state index is -0.172. The zero-order chi connectivity index (χ0) is 15.9. The van der Waals surface area contributed by atoms with E-state index in [1.165, 1.54) is 0 Å². The van der Waals surface area contributed by atoms with Gasteiger partial charge in [0.05, 0.1) is 0 Å². The number of nitrogens with zero attached hydrogens (tertiary/aromatic N) is 1. The number of carbonyl (C=O) groups excluding carboxylic acids is 2. The summed E-state index contributed by atoms with van der Waals surface area (Å²) in [6, 6.07) is 9.73. The van der Waals surface area contributed by atoms with Crippen molar-refractivity contribution >= 4 is 17.9 Å². The lowest BCUT2D eigenvalue weighted by Gasteiger charge is -2.25. The molecule has 0 radical (unpaired) electrons. The lowest BCUT2D eigenvalue weighted by molar-refractivity contribution is -0.131. The van der Waals surface area contributed by atoms with Gasteiger partial charge in [0, 0.05) is 18.5 Å². The van der Waals surface area contributed by atoms with E-state index in [-0.39, 0.29) is 23.9 Å². The number of amides is 2. The van der Waals surface area contributed by atoms with Crippen LogP contribution in [0, 0.1) is 5.92 Å². The molecule has 0 unspecified atom stereocenters. The van der Waals surface area contributed by atoms with E-state index in [1.54, 1.807) is 11.0 Å². The molecule has 1 aliphatic heterocycles.